The van der Waals surface area contributed by atoms with Gasteiger partial charge < -0.3 is 15.2 Å². The fraction of sp³-hybridized carbons (Fsp3) is 1.00. The van der Waals surface area contributed by atoms with E-state index in [1.165, 1.54) is 0 Å². The Kier molecular flexibility index (Phi) is 0.802. The van der Waals surface area contributed by atoms with Gasteiger partial charge in [-0.05, 0) is 23.7 Å². The van der Waals surface area contributed by atoms with E-state index < -0.39 is 0 Å². The molecule has 6 saturated carbocycles. The number of ether oxygens (including phenoxy) is 2. The lowest BCUT2D eigenvalue weighted by atomic mass is 9.97. The summed E-state index contributed by atoms with van der Waals surface area (Å²) in [6, 6.07) is 0. The summed E-state index contributed by atoms with van der Waals surface area (Å²) in [5.74, 6) is 4.08. The zero-order valence-corrected chi connectivity index (χ0v) is 9.74. The van der Waals surface area contributed by atoms with Crippen LogP contribution >= 0.6 is 15.9 Å². The molecule has 0 aromatic rings. The Hall–Kier alpha value is 0.360. The standard InChI is InChI=1S/C11H12BrNO2/c12-10-5-3-4(5)9(13)7(8(9)10)6(3)11(10)14-1-2-15-11/h3-8H,1-2,13H2/t3-,4+,5+,6-,7+,8+,9-,10-/m0/s1. The maximum Gasteiger partial charge on any atom is 0.187 e. The number of hydrogen-bond acceptors (Lipinski definition) is 3. The predicted octanol–water partition coefficient (Wildman–Crippen LogP) is 0.326. The van der Waals surface area contributed by atoms with E-state index in [0.29, 0.717) is 17.8 Å². The minimum Gasteiger partial charge on any atom is -0.346 e. The maximum absolute atomic E-state index is 6.54. The third-order valence-electron chi connectivity index (χ3n) is 6.45. The summed E-state index contributed by atoms with van der Waals surface area (Å²) in [5.41, 5.74) is 6.72. The molecule has 6 aliphatic carbocycles. The van der Waals surface area contributed by atoms with Crippen molar-refractivity contribution in [2.24, 2.45) is 41.2 Å². The van der Waals surface area contributed by atoms with Gasteiger partial charge in [0.25, 0.3) is 0 Å². The zero-order valence-electron chi connectivity index (χ0n) is 8.15. The quantitative estimate of drug-likeness (QED) is 0.645. The van der Waals surface area contributed by atoms with Crippen molar-refractivity contribution in [3.63, 3.8) is 0 Å². The number of alkyl halides is 1. The van der Waals surface area contributed by atoms with E-state index in [2.05, 4.69) is 15.9 Å². The Morgan fingerprint density at radius 3 is 2.20 bits per heavy atom. The molecule has 7 rings (SSSR count). The number of halogens is 1. The molecule has 1 heterocycles. The monoisotopic (exact) mass is 269 g/mol. The van der Waals surface area contributed by atoms with Crippen LogP contribution < -0.4 is 5.73 Å². The van der Waals surface area contributed by atoms with Gasteiger partial charge in [0.15, 0.2) is 5.79 Å². The molecule has 1 saturated heterocycles. The van der Waals surface area contributed by atoms with Crippen molar-refractivity contribution in [1.82, 2.24) is 0 Å². The summed E-state index contributed by atoms with van der Waals surface area (Å²) in [6.07, 6.45) is 0. The first-order valence-electron chi connectivity index (χ1n) is 5.95. The fourth-order valence-electron chi connectivity index (χ4n) is 6.48. The van der Waals surface area contributed by atoms with Crippen molar-refractivity contribution >= 4 is 15.9 Å². The van der Waals surface area contributed by atoms with Crippen molar-refractivity contribution in [3.8, 4) is 0 Å². The van der Waals surface area contributed by atoms with Crippen molar-refractivity contribution in [1.29, 1.82) is 0 Å². The molecule has 15 heavy (non-hydrogen) atoms. The highest BCUT2D eigenvalue weighted by molar-refractivity contribution is 9.10. The van der Waals surface area contributed by atoms with Gasteiger partial charge in [-0.15, -0.1) is 0 Å². The van der Waals surface area contributed by atoms with E-state index in [4.69, 9.17) is 15.2 Å². The first-order chi connectivity index (χ1) is 7.19. The van der Waals surface area contributed by atoms with E-state index in [1.807, 2.05) is 0 Å². The molecule has 0 aromatic carbocycles. The second kappa shape index (κ2) is 1.57. The summed E-state index contributed by atoms with van der Waals surface area (Å²) in [4.78, 5) is 0. The molecule has 1 spiro atoms. The molecular weight excluding hydrogens is 258 g/mol. The van der Waals surface area contributed by atoms with Crippen LogP contribution in [0.15, 0.2) is 0 Å². The number of nitrogens with two attached hydrogens (primary N) is 1. The van der Waals surface area contributed by atoms with Crippen LogP contribution in [0.3, 0.4) is 0 Å². The normalized spacial score (nSPS) is 82.0. The molecule has 7 aliphatic rings. The molecule has 0 amide bonds. The van der Waals surface area contributed by atoms with Crippen LogP contribution in [0.25, 0.3) is 0 Å². The molecule has 1 aliphatic heterocycles. The van der Waals surface area contributed by atoms with Crippen LogP contribution in [0, 0.1) is 35.5 Å². The van der Waals surface area contributed by atoms with Gasteiger partial charge in [0.1, 0.15) is 0 Å². The number of rotatable bonds is 0. The molecule has 2 N–H and O–H groups in total. The van der Waals surface area contributed by atoms with E-state index in [1.54, 1.807) is 0 Å². The van der Waals surface area contributed by atoms with Crippen LogP contribution in [-0.2, 0) is 9.47 Å². The van der Waals surface area contributed by atoms with Gasteiger partial charge in [0.05, 0.1) is 17.5 Å². The molecule has 2 bridgehead atoms. The van der Waals surface area contributed by atoms with Crippen molar-refractivity contribution in [3.05, 3.63) is 0 Å². The molecule has 80 valence electrons. The molecule has 0 radical (unpaired) electrons. The van der Waals surface area contributed by atoms with Gasteiger partial charge in [0, 0.05) is 17.4 Å². The summed E-state index contributed by atoms with van der Waals surface area (Å²) in [7, 11) is 0. The van der Waals surface area contributed by atoms with Gasteiger partial charge in [0.2, 0.25) is 0 Å². The largest absolute Gasteiger partial charge is 0.346 e. The topological polar surface area (TPSA) is 44.5 Å². The van der Waals surface area contributed by atoms with E-state index >= 15 is 0 Å². The highest BCUT2D eigenvalue weighted by Crippen LogP contribution is 3.00. The van der Waals surface area contributed by atoms with Crippen LogP contribution in [0.2, 0.25) is 0 Å². The number of hydrogen-bond donors (Lipinski definition) is 1. The van der Waals surface area contributed by atoms with E-state index in [-0.39, 0.29) is 15.7 Å². The van der Waals surface area contributed by atoms with Crippen molar-refractivity contribution in [2.75, 3.05) is 13.2 Å². The van der Waals surface area contributed by atoms with E-state index in [9.17, 15) is 0 Å². The summed E-state index contributed by atoms with van der Waals surface area (Å²) in [6.45, 7) is 1.54. The minimum absolute atomic E-state index is 0.0932. The molecule has 0 aromatic heterocycles. The van der Waals surface area contributed by atoms with Crippen LogP contribution in [-0.4, -0.2) is 28.9 Å². The highest BCUT2D eigenvalue weighted by Gasteiger charge is 3.08. The minimum atomic E-state index is -0.270. The van der Waals surface area contributed by atoms with Crippen molar-refractivity contribution in [2.45, 2.75) is 15.7 Å². The molecule has 3 nitrogen and oxygen atoms in total. The predicted molar refractivity (Wildman–Crippen MR) is 54.2 cm³/mol. The van der Waals surface area contributed by atoms with Gasteiger partial charge in [-0.1, -0.05) is 15.9 Å². The maximum atomic E-state index is 6.54. The Morgan fingerprint density at radius 1 is 1.07 bits per heavy atom. The second-order valence-corrected chi connectivity index (χ2v) is 7.60. The second-order valence-electron chi connectivity index (χ2n) is 6.29. The average Bonchev–Trinajstić information content (AvgIpc) is 2.86. The Labute approximate surface area is 95.8 Å². The third kappa shape index (κ3) is 0.397. The Bertz CT molecular complexity index is 436. The van der Waals surface area contributed by atoms with Crippen LogP contribution in [0.4, 0.5) is 0 Å². The van der Waals surface area contributed by atoms with Crippen LogP contribution in [0.1, 0.15) is 0 Å². The summed E-state index contributed by atoms with van der Waals surface area (Å²) in [5, 5.41) is 0. The first kappa shape index (κ1) is 7.64. The SMILES string of the molecule is N[C@@]12[C@@H]3[C@@H]4[C@H]5[C@@H]1[C@H]2[C@@](Br)([C@H]43)C51OCCO1. The van der Waals surface area contributed by atoms with Gasteiger partial charge in [-0.2, -0.15) is 0 Å². The lowest BCUT2D eigenvalue weighted by Crippen LogP contribution is -2.51. The van der Waals surface area contributed by atoms with E-state index in [0.717, 1.165) is 31.0 Å². The van der Waals surface area contributed by atoms with Crippen LogP contribution in [0.5, 0.6) is 0 Å². The molecule has 0 unspecified atom stereocenters. The molecule has 8 atom stereocenters. The zero-order chi connectivity index (χ0) is 9.79. The fourth-order valence-corrected chi connectivity index (χ4v) is 8.24. The first-order valence-corrected chi connectivity index (χ1v) is 6.74. The van der Waals surface area contributed by atoms with Gasteiger partial charge in [-0.25, -0.2) is 0 Å². The molecule has 7 fully saturated rings. The lowest BCUT2D eigenvalue weighted by Gasteiger charge is -2.37. The Morgan fingerprint density at radius 2 is 1.80 bits per heavy atom. The van der Waals surface area contributed by atoms with Crippen molar-refractivity contribution < 1.29 is 9.47 Å². The van der Waals surface area contributed by atoms with Gasteiger partial charge in [-0.3, -0.25) is 0 Å². The molecular formula is C11H12BrNO2. The lowest BCUT2D eigenvalue weighted by molar-refractivity contribution is -0.191. The summed E-state index contributed by atoms with van der Waals surface area (Å²) >= 11 is 4.01. The smallest absolute Gasteiger partial charge is 0.187 e. The third-order valence-corrected chi connectivity index (χ3v) is 8.02. The average molecular weight is 270 g/mol. The van der Waals surface area contributed by atoms with Gasteiger partial charge >= 0.3 is 0 Å². The Balaban J connectivity index is 1.68. The molecule has 4 heteroatoms. The highest BCUT2D eigenvalue weighted by atomic mass is 79.9. The summed E-state index contributed by atoms with van der Waals surface area (Å²) < 4.78 is 12.1.